The van der Waals surface area contributed by atoms with E-state index >= 15 is 0 Å². The number of ether oxygens (including phenoxy) is 4. The molecule has 2 aromatic rings. The Kier molecular flexibility index (Phi) is 24.6. The predicted molar refractivity (Wildman–Crippen MR) is 218 cm³/mol. The predicted octanol–water partition coefficient (Wildman–Crippen LogP) is 9.73. The summed E-state index contributed by atoms with van der Waals surface area (Å²) >= 11 is 23.9. The largest absolute Gasteiger partial charge is 0.494 e. The Morgan fingerprint density at radius 2 is 1.04 bits per heavy atom. The van der Waals surface area contributed by atoms with Crippen LogP contribution >= 0.6 is 46.4 Å². The van der Waals surface area contributed by atoms with Gasteiger partial charge in [0, 0.05) is 39.4 Å². The first-order chi connectivity index (χ1) is 25.9. The van der Waals surface area contributed by atoms with Gasteiger partial charge in [0.15, 0.2) is 0 Å². The maximum absolute atomic E-state index is 9.10. The summed E-state index contributed by atoms with van der Waals surface area (Å²) in [5.74, 6) is -0.990. The number of hydrogen-bond donors (Lipinski definition) is 2. The van der Waals surface area contributed by atoms with Gasteiger partial charge in [0.25, 0.3) is 0 Å². The molecule has 4 rings (SSSR count). The summed E-state index contributed by atoms with van der Waals surface area (Å²) in [6, 6.07) is 10.8. The highest BCUT2D eigenvalue weighted by Gasteiger charge is 2.30. The number of unbranched alkanes of at least 4 members (excludes halogenated alkanes) is 4. The SMILES string of the molecule is CCCCCN1CCC(CCOc2ccc(Cl)c(Cl)c2)[C@H](OC)C1.CCCCCN1CCC(CCOc2ccc(Cl)c(Cl)c2)[C@H](OC)C1.O=C(O)C(=O)O. The highest BCUT2D eigenvalue weighted by Crippen LogP contribution is 2.29. The van der Waals surface area contributed by atoms with E-state index in [1.807, 2.05) is 26.4 Å². The van der Waals surface area contributed by atoms with Gasteiger partial charge in [0.2, 0.25) is 0 Å². The van der Waals surface area contributed by atoms with Crippen molar-refractivity contribution in [2.24, 2.45) is 11.8 Å². The van der Waals surface area contributed by atoms with Gasteiger partial charge in [-0.25, -0.2) is 9.59 Å². The summed E-state index contributed by atoms with van der Waals surface area (Å²) in [4.78, 5) is 23.3. The number of piperidine rings is 2. The zero-order chi connectivity index (χ0) is 39.9. The van der Waals surface area contributed by atoms with Crippen molar-refractivity contribution in [3.8, 4) is 11.5 Å². The molecule has 0 aliphatic carbocycles. The third-order valence-corrected chi connectivity index (χ3v) is 11.3. The van der Waals surface area contributed by atoms with Gasteiger partial charge < -0.3 is 39.0 Å². The summed E-state index contributed by atoms with van der Waals surface area (Å²) in [6.07, 6.45) is 12.7. The molecule has 0 spiro atoms. The topological polar surface area (TPSA) is 118 Å². The Morgan fingerprint density at radius 3 is 1.35 bits per heavy atom. The lowest BCUT2D eigenvalue weighted by Gasteiger charge is -2.37. The Bertz CT molecular complexity index is 1270. The second-order valence-corrected chi connectivity index (χ2v) is 15.3. The lowest BCUT2D eigenvalue weighted by atomic mass is 9.91. The monoisotopic (exact) mass is 836 g/mol. The van der Waals surface area contributed by atoms with Crippen molar-refractivity contribution in [1.82, 2.24) is 9.80 Å². The lowest BCUT2D eigenvalue weighted by molar-refractivity contribution is -0.159. The van der Waals surface area contributed by atoms with E-state index in [1.54, 1.807) is 24.3 Å². The van der Waals surface area contributed by atoms with Crippen molar-refractivity contribution >= 4 is 58.3 Å². The Hall–Kier alpha value is -2.02. The van der Waals surface area contributed by atoms with Crippen LogP contribution in [0.2, 0.25) is 20.1 Å². The van der Waals surface area contributed by atoms with Crippen molar-refractivity contribution in [3.05, 3.63) is 56.5 Å². The molecule has 14 heteroatoms. The number of rotatable bonds is 18. The third-order valence-electron chi connectivity index (χ3n) is 9.80. The molecule has 0 aromatic heterocycles. The minimum Gasteiger partial charge on any atom is -0.494 e. The molecule has 10 nitrogen and oxygen atoms in total. The first-order valence-corrected chi connectivity index (χ1v) is 20.6. The molecule has 0 amide bonds. The minimum absolute atomic E-state index is 0.304. The molecule has 2 saturated heterocycles. The second-order valence-electron chi connectivity index (χ2n) is 13.7. The van der Waals surface area contributed by atoms with Crippen LogP contribution in [0.4, 0.5) is 0 Å². The zero-order valence-corrected chi connectivity index (χ0v) is 35.3. The van der Waals surface area contributed by atoms with E-state index in [0.717, 1.165) is 37.4 Å². The first-order valence-electron chi connectivity index (χ1n) is 19.0. The fourth-order valence-electron chi connectivity index (χ4n) is 6.62. The van der Waals surface area contributed by atoms with Crippen LogP contribution < -0.4 is 9.47 Å². The van der Waals surface area contributed by atoms with Crippen LogP contribution in [0, 0.1) is 11.8 Å². The van der Waals surface area contributed by atoms with Crippen molar-refractivity contribution in [3.63, 3.8) is 0 Å². The standard InChI is InChI=1S/2C19H29Cl2NO2.C2H2O4/c2*1-3-4-5-10-22-11-8-15(19(14-22)23-2)9-12-24-16-6-7-17(20)18(21)13-16;3-1(4)2(5)6/h2*6-7,13,15,19H,3-5,8-12,14H2,1-2H3;(H,3,4)(H,5,6)/t2*15?,19-;/m11./s1. The van der Waals surface area contributed by atoms with Crippen molar-refractivity contribution in [2.45, 2.75) is 90.3 Å². The molecule has 54 heavy (non-hydrogen) atoms. The minimum atomic E-state index is -1.82. The van der Waals surface area contributed by atoms with Crippen molar-refractivity contribution in [1.29, 1.82) is 0 Å². The number of nitrogens with zero attached hydrogens (tertiary/aromatic N) is 2. The smallest absolute Gasteiger partial charge is 0.414 e. The van der Waals surface area contributed by atoms with E-state index in [9.17, 15) is 0 Å². The molecule has 2 aliphatic heterocycles. The van der Waals surface area contributed by atoms with Crippen LogP contribution in [0.15, 0.2) is 36.4 Å². The average molecular weight is 839 g/mol. The molecule has 0 saturated carbocycles. The zero-order valence-electron chi connectivity index (χ0n) is 32.3. The molecule has 4 atom stereocenters. The van der Waals surface area contributed by atoms with Gasteiger partial charge in [-0.15, -0.1) is 0 Å². The maximum Gasteiger partial charge on any atom is 0.414 e. The van der Waals surface area contributed by atoms with Crippen molar-refractivity contribution < 1.29 is 38.7 Å². The van der Waals surface area contributed by atoms with Gasteiger partial charge in [0.05, 0.1) is 45.5 Å². The second kappa shape index (κ2) is 27.6. The summed E-state index contributed by atoms with van der Waals surface area (Å²) in [5, 5.41) is 17.0. The number of carboxylic acids is 2. The number of hydrogen-bond acceptors (Lipinski definition) is 8. The van der Waals surface area contributed by atoms with Gasteiger partial charge in [-0.1, -0.05) is 85.9 Å². The number of halogens is 4. The summed E-state index contributed by atoms with van der Waals surface area (Å²) in [7, 11) is 3.65. The van der Waals surface area contributed by atoms with E-state index < -0.39 is 11.9 Å². The lowest BCUT2D eigenvalue weighted by Crippen LogP contribution is -2.45. The summed E-state index contributed by atoms with van der Waals surface area (Å²) in [6.45, 7) is 12.7. The normalized spacial score (nSPS) is 20.2. The molecule has 306 valence electrons. The van der Waals surface area contributed by atoms with Gasteiger partial charge in [0.1, 0.15) is 11.5 Å². The van der Waals surface area contributed by atoms with Crippen LogP contribution in [0.25, 0.3) is 0 Å². The summed E-state index contributed by atoms with van der Waals surface area (Å²) in [5.41, 5.74) is 0. The van der Waals surface area contributed by atoms with Gasteiger partial charge in [-0.05, 0) is 101 Å². The number of carboxylic acid groups (broad SMARTS) is 2. The number of methoxy groups -OCH3 is 2. The first kappa shape index (κ1) is 48.1. The van der Waals surface area contributed by atoms with E-state index in [2.05, 4.69) is 23.6 Å². The van der Waals surface area contributed by atoms with E-state index in [4.69, 9.17) is 85.2 Å². The van der Waals surface area contributed by atoms with Crippen LogP contribution in [0.3, 0.4) is 0 Å². The van der Waals surface area contributed by atoms with Gasteiger partial charge in [-0.2, -0.15) is 0 Å². The highest BCUT2D eigenvalue weighted by atomic mass is 35.5. The molecule has 0 radical (unpaired) electrons. The highest BCUT2D eigenvalue weighted by molar-refractivity contribution is 6.42. The number of aliphatic carboxylic acids is 2. The van der Waals surface area contributed by atoms with Crippen LogP contribution in [0.5, 0.6) is 11.5 Å². The number of benzene rings is 2. The third kappa shape index (κ3) is 18.7. The number of carbonyl (C=O) groups is 2. The van der Waals surface area contributed by atoms with Gasteiger partial charge in [-0.3, -0.25) is 0 Å². The van der Waals surface area contributed by atoms with E-state index in [1.165, 1.54) is 77.5 Å². The molecule has 2 heterocycles. The van der Waals surface area contributed by atoms with E-state index in [0.29, 0.717) is 57.3 Å². The van der Waals surface area contributed by atoms with Crippen LogP contribution in [-0.2, 0) is 19.1 Å². The van der Waals surface area contributed by atoms with Crippen LogP contribution in [0.1, 0.15) is 78.1 Å². The molecule has 2 unspecified atom stereocenters. The quantitative estimate of drug-likeness (QED) is 0.111. The Labute approximate surface area is 342 Å². The molecule has 2 aromatic carbocycles. The molecule has 2 fully saturated rings. The summed E-state index contributed by atoms with van der Waals surface area (Å²) < 4.78 is 23.1. The average Bonchev–Trinajstić information content (AvgIpc) is 3.16. The fourth-order valence-corrected chi connectivity index (χ4v) is 7.20. The van der Waals surface area contributed by atoms with E-state index in [-0.39, 0.29) is 0 Å². The van der Waals surface area contributed by atoms with Crippen LogP contribution in [-0.4, -0.2) is 111 Å². The maximum atomic E-state index is 9.10. The Morgan fingerprint density at radius 1 is 0.648 bits per heavy atom. The Balaban J connectivity index is 0.000000325. The molecular formula is C40H60Cl4N2O8. The molecule has 2 aliphatic rings. The molecule has 0 bridgehead atoms. The molecular weight excluding hydrogens is 778 g/mol. The number of likely N-dealkylation sites (tertiary alicyclic amines) is 2. The van der Waals surface area contributed by atoms with Gasteiger partial charge >= 0.3 is 11.9 Å². The van der Waals surface area contributed by atoms with Crippen molar-refractivity contribution in [2.75, 3.05) is 66.7 Å². The molecule has 2 N–H and O–H groups in total. The fraction of sp³-hybridized carbons (Fsp3) is 0.650.